The molecule has 0 spiro atoms. The Bertz CT molecular complexity index is 990. The third-order valence-electron chi connectivity index (χ3n) is 2.90. The summed E-state index contributed by atoms with van der Waals surface area (Å²) in [5, 5.41) is 17.5. The van der Waals surface area contributed by atoms with E-state index in [-0.39, 0.29) is 16.1 Å². The highest BCUT2D eigenvalue weighted by Crippen LogP contribution is 2.28. The Morgan fingerprint density at radius 1 is 1.39 bits per heavy atom. The van der Waals surface area contributed by atoms with E-state index in [0.717, 1.165) is 18.2 Å². The molecule has 0 saturated carbocycles. The number of thiazole rings is 1. The summed E-state index contributed by atoms with van der Waals surface area (Å²) in [7, 11) is -4.03. The fourth-order valence-corrected chi connectivity index (χ4v) is 3.54. The van der Waals surface area contributed by atoms with E-state index >= 15 is 0 Å². The van der Waals surface area contributed by atoms with Gasteiger partial charge < -0.3 is 0 Å². The molecule has 0 saturated heterocycles. The second kappa shape index (κ2) is 5.79. The van der Waals surface area contributed by atoms with Crippen LogP contribution in [0.25, 0.3) is 10.7 Å². The summed E-state index contributed by atoms with van der Waals surface area (Å²) in [6.45, 7) is 0. The van der Waals surface area contributed by atoms with Gasteiger partial charge in [-0.3, -0.25) is 9.82 Å². The topological polar surface area (TPSA) is 112 Å². The molecule has 116 valence electrons. The van der Waals surface area contributed by atoms with E-state index in [4.69, 9.17) is 5.26 Å². The van der Waals surface area contributed by atoms with Crippen LogP contribution in [-0.2, 0) is 10.0 Å². The Hall–Kier alpha value is -2.77. The van der Waals surface area contributed by atoms with Gasteiger partial charge in [0, 0.05) is 11.6 Å². The number of nitriles is 1. The van der Waals surface area contributed by atoms with Gasteiger partial charge in [-0.2, -0.15) is 10.4 Å². The zero-order chi connectivity index (χ0) is 16.4. The van der Waals surface area contributed by atoms with Crippen LogP contribution in [-0.4, -0.2) is 23.6 Å². The lowest BCUT2D eigenvalue weighted by atomic mass is 10.2. The Morgan fingerprint density at radius 2 is 2.22 bits per heavy atom. The van der Waals surface area contributed by atoms with Crippen molar-refractivity contribution in [2.75, 3.05) is 4.72 Å². The lowest BCUT2D eigenvalue weighted by molar-refractivity contribution is 0.594. The van der Waals surface area contributed by atoms with Gasteiger partial charge in [0.2, 0.25) is 0 Å². The van der Waals surface area contributed by atoms with E-state index < -0.39 is 15.8 Å². The predicted molar refractivity (Wildman–Crippen MR) is 81.6 cm³/mol. The molecule has 0 fully saturated rings. The third kappa shape index (κ3) is 2.92. The number of hydrogen-bond acceptors (Lipinski definition) is 6. The summed E-state index contributed by atoms with van der Waals surface area (Å²) in [4.78, 5) is 3.78. The average molecular weight is 349 g/mol. The molecule has 0 atom stereocenters. The van der Waals surface area contributed by atoms with E-state index in [9.17, 15) is 12.8 Å². The quantitative estimate of drug-likeness (QED) is 0.751. The molecule has 0 unspecified atom stereocenters. The largest absolute Gasteiger partial charge is 0.276 e. The number of nitrogens with zero attached hydrogens (tertiary/aromatic N) is 3. The normalized spacial score (nSPS) is 11.1. The van der Waals surface area contributed by atoms with Crippen LogP contribution in [0.1, 0.15) is 5.56 Å². The van der Waals surface area contributed by atoms with Gasteiger partial charge in [-0.25, -0.2) is 17.8 Å². The smallest absolute Gasteiger partial charge is 0.262 e. The number of rotatable bonds is 4. The Labute approximate surface area is 134 Å². The second-order valence-corrected chi connectivity index (χ2v) is 6.93. The fourth-order valence-electron chi connectivity index (χ4n) is 1.83. The molecule has 0 aliphatic rings. The molecule has 0 radical (unpaired) electrons. The predicted octanol–water partition coefficient (Wildman–Crippen LogP) is 2.34. The molecule has 10 heteroatoms. The number of hydrogen-bond donors (Lipinski definition) is 2. The van der Waals surface area contributed by atoms with Gasteiger partial charge in [-0.1, -0.05) is 0 Å². The van der Waals surface area contributed by atoms with Crippen LogP contribution in [0, 0.1) is 17.1 Å². The first-order valence-corrected chi connectivity index (χ1v) is 8.53. The summed E-state index contributed by atoms with van der Waals surface area (Å²) >= 11 is 1.31. The number of H-pyrrole nitrogens is 1. The van der Waals surface area contributed by atoms with Crippen LogP contribution < -0.4 is 4.72 Å². The van der Waals surface area contributed by atoms with Crippen LogP contribution in [0.4, 0.5) is 10.1 Å². The summed E-state index contributed by atoms with van der Waals surface area (Å²) in [5.74, 6) is -0.900. The molecule has 0 aliphatic carbocycles. The molecular weight excluding hydrogens is 341 g/mol. The zero-order valence-corrected chi connectivity index (χ0v) is 12.9. The minimum absolute atomic E-state index is 0.199. The number of sulfonamides is 1. The van der Waals surface area contributed by atoms with Crippen molar-refractivity contribution < 1.29 is 12.8 Å². The number of aromatic nitrogens is 3. The Balaban J connectivity index is 1.96. The molecule has 3 aromatic rings. The molecule has 2 aromatic heterocycles. The summed E-state index contributed by atoms with van der Waals surface area (Å²) in [5.41, 5.74) is 0.387. The van der Waals surface area contributed by atoms with Crippen molar-refractivity contribution in [1.82, 2.24) is 15.2 Å². The van der Waals surface area contributed by atoms with Crippen molar-refractivity contribution in [2.24, 2.45) is 0 Å². The maximum Gasteiger partial charge on any atom is 0.262 e. The molecule has 7 nitrogen and oxygen atoms in total. The van der Waals surface area contributed by atoms with Crippen molar-refractivity contribution >= 4 is 27.0 Å². The van der Waals surface area contributed by atoms with Crippen LogP contribution in [0.15, 0.2) is 40.9 Å². The third-order valence-corrected chi connectivity index (χ3v) is 5.05. The minimum atomic E-state index is -4.03. The number of benzene rings is 1. The summed E-state index contributed by atoms with van der Waals surface area (Å²) < 4.78 is 40.7. The van der Waals surface area contributed by atoms with Crippen LogP contribution in [0.5, 0.6) is 0 Å². The maximum atomic E-state index is 13.6. The van der Waals surface area contributed by atoms with Crippen LogP contribution in [0.2, 0.25) is 0 Å². The van der Waals surface area contributed by atoms with Crippen molar-refractivity contribution in [2.45, 2.75) is 4.90 Å². The molecular formula is C13H8FN5O2S2. The molecule has 0 bridgehead atoms. The van der Waals surface area contributed by atoms with Crippen molar-refractivity contribution in [3.05, 3.63) is 47.4 Å². The molecule has 3 rings (SSSR count). The Kier molecular flexibility index (Phi) is 3.81. The van der Waals surface area contributed by atoms with Gasteiger partial charge in [0.15, 0.2) is 0 Å². The number of aromatic amines is 1. The molecule has 1 aromatic carbocycles. The highest BCUT2D eigenvalue weighted by Gasteiger charge is 2.20. The standard InChI is InChI=1S/C13H8FN5O2S2/c14-10-5-9(2-1-8(10)6-15)23(20,21)19-11-7-17-18-12(11)13-16-3-4-22-13/h1-5,7,19H,(H,17,18). The Morgan fingerprint density at radius 3 is 2.87 bits per heavy atom. The van der Waals surface area contributed by atoms with Gasteiger partial charge in [0.05, 0.1) is 22.3 Å². The molecule has 2 heterocycles. The minimum Gasteiger partial charge on any atom is -0.276 e. The number of halogens is 1. The van der Waals surface area contributed by atoms with Gasteiger partial charge in [-0.05, 0) is 18.2 Å². The van der Waals surface area contributed by atoms with Crippen LogP contribution in [0.3, 0.4) is 0 Å². The van der Waals surface area contributed by atoms with Gasteiger partial charge in [-0.15, -0.1) is 11.3 Å². The van der Waals surface area contributed by atoms with Crippen molar-refractivity contribution in [3.63, 3.8) is 0 Å². The van der Waals surface area contributed by atoms with Gasteiger partial charge >= 0.3 is 0 Å². The monoisotopic (exact) mass is 349 g/mol. The van der Waals surface area contributed by atoms with Crippen molar-refractivity contribution in [1.29, 1.82) is 5.26 Å². The molecule has 2 N–H and O–H groups in total. The van der Waals surface area contributed by atoms with E-state index in [1.54, 1.807) is 17.6 Å². The first-order chi connectivity index (χ1) is 11.0. The summed E-state index contributed by atoms with van der Waals surface area (Å²) in [6, 6.07) is 4.70. The maximum absolute atomic E-state index is 13.6. The highest BCUT2D eigenvalue weighted by atomic mass is 32.2. The van der Waals surface area contributed by atoms with E-state index in [1.807, 2.05) is 0 Å². The first-order valence-electron chi connectivity index (χ1n) is 6.17. The van der Waals surface area contributed by atoms with Gasteiger partial charge in [0.25, 0.3) is 10.0 Å². The zero-order valence-electron chi connectivity index (χ0n) is 11.3. The lowest BCUT2D eigenvalue weighted by Crippen LogP contribution is -2.13. The highest BCUT2D eigenvalue weighted by molar-refractivity contribution is 7.92. The van der Waals surface area contributed by atoms with Gasteiger partial charge in [0.1, 0.15) is 22.6 Å². The van der Waals surface area contributed by atoms with E-state index in [1.165, 1.54) is 17.5 Å². The first kappa shape index (κ1) is 15.1. The fraction of sp³-hybridized carbons (Fsp3) is 0. The lowest BCUT2D eigenvalue weighted by Gasteiger charge is -2.08. The molecule has 23 heavy (non-hydrogen) atoms. The molecule has 0 aliphatic heterocycles. The molecule has 0 amide bonds. The van der Waals surface area contributed by atoms with E-state index in [2.05, 4.69) is 19.9 Å². The number of nitrogens with one attached hydrogen (secondary N) is 2. The van der Waals surface area contributed by atoms with Crippen molar-refractivity contribution in [3.8, 4) is 16.8 Å². The summed E-state index contributed by atoms with van der Waals surface area (Å²) in [6.07, 6.45) is 2.88. The number of anilines is 1. The SMILES string of the molecule is N#Cc1ccc(S(=O)(=O)Nc2cn[nH]c2-c2nccs2)cc1F. The average Bonchev–Trinajstić information content (AvgIpc) is 3.17. The van der Waals surface area contributed by atoms with E-state index in [0.29, 0.717) is 10.7 Å². The van der Waals surface area contributed by atoms with Crippen LogP contribution >= 0.6 is 11.3 Å². The second-order valence-electron chi connectivity index (χ2n) is 4.35.